The number of para-hydroxylation sites is 1. The Hall–Kier alpha value is -2.95. The molecule has 0 radical (unpaired) electrons. The lowest BCUT2D eigenvalue weighted by molar-refractivity contribution is -0.137. The van der Waals surface area contributed by atoms with Crippen molar-refractivity contribution in [1.82, 2.24) is 0 Å². The van der Waals surface area contributed by atoms with Crippen molar-refractivity contribution in [3.8, 4) is 0 Å². The van der Waals surface area contributed by atoms with Gasteiger partial charge in [-0.1, -0.05) is 48.5 Å². The summed E-state index contributed by atoms with van der Waals surface area (Å²) in [4.78, 5) is 0. The van der Waals surface area contributed by atoms with E-state index in [-0.39, 0.29) is 0 Å². The quantitative estimate of drug-likeness (QED) is 0.589. The van der Waals surface area contributed by atoms with E-state index in [9.17, 15) is 13.2 Å². The van der Waals surface area contributed by atoms with Gasteiger partial charge in [0.2, 0.25) is 0 Å². The number of anilines is 3. The number of halogens is 3. The van der Waals surface area contributed by atoms with Gasteiger partial charge in [-0.15, -0.1) is 0 Å². The lowest BCUT2D eigenvalue weighted by atomic mass is 10.1. The molecule has 0 unspecified atom stereocenters. The number of nitrogens with one attached hydrogen (secondary N) is 2. The number of benzene rings is 3. The van der Waals surface area contributed by atoms with E-state index in [2.05, 4.69) is 10.6 Å². The van der Waals surface area contributed by atoms with Gasteiger partial charge in [0.1, 0.15) is 0 Å². The summed E-state index contributed by atoms with van der Waals surface area (Å²) in [6.07, 6.45) is -4.38. The van der Waals surface area contributed by atoms with E-state index in [0.29, 0.717) is 17.9 Å². The second kappa shape index (κ2) is 7.30. The lowest BCUT2D eigenvalue weighted by Crippen LogP contribution is -2.08. The maximum absolute atomic E-state index is 13.0. The zero-order valence-electron chi connectivity index (χ0n) is 13.3. The third-order valence-corrected chi connectivity index (χ3v) is 3.73. The van der Waals surface area contributed by atoms with Crippen molar-refractivity contribution in [2.24, 2.45) is 0 Å². The third-order valence-electron chi connectivity index (χ3n) is 3.73. The second-order valence-electron chi connectivity index (χ2n) is 5.59. The first-order chi connectivity index (χ1) is 12.0. The molecule has 0 aromatic heterocycles. The predicted molar refractivity (Wildman–Crippen MR) is 94.9 cm³/mol. The van der Waals surface area contributed by atoms with Crippen LogP contribution in [0.1, 0.15) is 11.1 Å². The van der Waals surface area contributed by atoms with Gasteiger partial charge in [-0.2, -0.15) is 13.2 Å². The second-order valence-corrected chi connectivity index (χ2v) is 5.59. The molecular formula is C20H17F3N2. The highest BCUT2D eigenvalue weighted by Crippen LogP contribution is 2.35. The largest absolute Gasteiger partial charge is 0.416 e. The minimum absolute atomic E-state index is 0.405. The molecule has 3 aromatic carbocycles. The Bertz CT molecular complexity index is 815. The molecular weight excluding hydrogens is 325 g/mol. The first-order valence-electron chi connectivity index (χ1n) is 7.83. The van der Waals surface area contributed by atoms with E-state index in [1.807, 2.05) is 60.7 Å². The molecule has 0 bridgehead atoms. The van der Waals surface area contributed by atoms with Crippen molar-refractivity contribution in [2.45, 2.75) is 12.7 Å². The smallest absolute Gasteiger partial charge is 0.379 e. The number of hydrogen-bond donors (Lipinski definition) is 2. The highest BCUT2D eigenvalue weighted by atomic mass is 19.4. The van der Waals surface area contributed by atoms with E-state index in [1.165, 1.54) is 6.07 Å². The SMILES string of the molecule is FC(F)(F)c1ccc(Nc2ccccc2)c(NCc2ccccc2)c1. The normalized spacial score (nSPS) is 11.2. The highest BCUT2D eigenvalue weighted by molar-refractivity contribution is 5.75. The summed E-state index contributed by atoms with van der Waals surface area (Å²) in [7, 11) is 0. The molecule has 0 amide bonds. The molecule has 0 fully saturated rings. The van der Waals surface area contributed by atoms with Crippen LogP contribution >= 0.6 is 0 Å². The van der Waals surface area contributed by atoms with Crippen molar-refractivity contribution >= 4 is 17.1 Å². The van der Waals surface area contributed by atoms with Gasteiger partial charge in [-0.3, -0.25) is 0 Å². The lowest BCUT2D eigenvalue weighted by Gasteiger charge is -2.17. The van der Waals surface area contributed by atoms with Crippen molar-refractivity contribution in [2.75, 3.05) is 10.6 Å². The fourth-order valence-electron chi connectivity index (χ4n) is 2.45. The van der Waals surface area contributed by atoms with Crippen LogP contribution in [0.4, 0.5) is 30.2 Å². The molecule has 0 atom stereocenters. The van der Waals surface area contributed by atoms with Gasteiger partial charge in [0.15, 0.2) is 0 Å². The molecule has 0 saturated heterocycles. The summed E-state index contributed by atoms with van der Waals surface area (Å²) in [5, 5.41) is 6.26. The number of alkyl halides is 3. The van der Waals surface area contributed by atoms with Crippen molar-refractivity contribution < 1.29 is 13.2 Å². The molecule has 2 nitrogen and oxygen atoms in total. The van der Waals surface area contributed by atoms with Crippen LogP contribution in [0.5, 0.6) is 0 Å². The molecule has 0 aliphatic carbocycles. The molecule has 3 rings (SSSR count). The maximum Gasteiger partial charge on any atom is 0.416 e. The highest BCUT2D eigenvalue weighted by Gasteiger charge is 2.31. The van der Waals surface area contributed by atoms with Gasteiger partial charge in [0.05, 0.1) is 16.9 Å². The Labute approximate surface area is 144 Å². The number of rotatable bonds is 5. The molecule has 2 N–H and O–H groups in total. The monoisotopic (exact) mass is 342 g/mol. The van der Waals surface area contributed by atoms with Gasteiger partial charge in [0, 0.05) is 12.2 Å². The summed E-state index contributed by atoms with van der Waals surface area (Å²) < 4.78 is 39.1. The van der Waals surface area contributed by atoms with Crippen LogP contribution in [-0.2, 0) is 12.7 Å². The molecule has 0 spiro atoms. The van der Waals surface area contributed by atoms with Crippen LogP contribution in [-0.4, -0.2) is 0 Å². The number of hydrogen-bond acceptors (Lipinski definition) is 2. The third kappa shape index (κ3) is 4.53. The zero-order chi connectivity index (χ0) is 17.7. The van der Waals surface area contributed by atoms with Crippen LogP contribution in [0, 0.1) is 0 Å². The summed E-state index contributed by atoms with van der Waals surface area (Å²) in [5.74, 6) is 0. The van der Waals surface area contributed by atoms with E-state index < -0.39 is 11.7 Å². The minimum Gasteiger partial charge on any atom is -0.379 e. The fourth-order valence-corrected chi connectivity index (χ4v) is 2.45. The molecule has 3 aromatic rings. The van der Waals surface area contributed by atoms with Crippen LogP contribution in [0.3, 0.4) is 0 Å². The van der Waals surface area contributed by atoms with E-state index >= 15 is 0 Å². The molecule has 5 heteroatoms. The van der Waals surface area contributed by atoms with E-state index in [0.717, 1.165) is 23.4 Å². The van der Waals surface area contributed by atoms with Gasteiger partial charge in [-0.05, 0) is 35.9 Å². The maximum atomic E-state index is 13.0. The topological polar surface area (TPSA) is 24.1 Å². The standard InChI is InChI=1S/C20H17F3N2/c21-20(22,23)16-11-12-18(25-17-9-5-2-6-10-17)19(13-16)24-14-15-7-3-1-4-8-15/h1-13,24-25H,14H2. The van der Waals surface area contributed by atoms with E-state index in [4.69, 9.17) is 0 Å². The summed E-state index contributed by atoms with van der Waals surface area (Å²) in [6.45, 7) is 0.436. The molecule has 0 saturated carbocycles. The average molecular weight is 342 g/mol. The van der Waals surface area contributed by atoms with Gasteiger partial charge >= 0.3 is 6.18 Å². The first kappa shape index (κ1) is 16.9. The van der Waals surface area contributed by atoms with Gasteiger partial charge in [-0.25, -0.2) is 0 Å². The van der Waals surface area contributed by atoms with Crippen molar-refractivity contribution in [3.05, 3.63) is 90.0 Å². The van der Waals surface area contributed by atoms with Crippen LogP contribution in [0.15, 0.2) is 78.9 Å². The summed E-state index contributed by atoms with van der Waals surface area (Å²) in [6, 6.07) is 22.5. The van der Waals surface area contributed by atoms with Crippen LogP contribution in [0.2, 0.25) is 0 Å². The molecule has 128 valence electrons. The Balaban J connectivity index is 1.88. The average Bonchev–Trinajstić information content (AvgIpc) is 2.62. The molecule has 0 heterocycles. The van der Waals surface area contributed by atoms with E-state index in [1.54, 1.807) is 0 Å². The zero-order valence-corrected chi connectivity index (χ0v) is 13.3. The summed E-state index contributed by atoms with van der Waals surface area (Å²) in [5.41, 5.74) is 2.12. The summed E-state index contributed by atoms with van der Waals surface area (Å²) >= 11 is 0. The minimum atomic E-state index is -4.38. The van der Waals surface area contributed by atoms with Crippen molar-refractivity contribution in [3.63, 3.8) is 0 Å². The predicted octanol–water partition coefficient (Wildman–Crippen LogP) is 6.06. The van der Waals surface area contributed by atoms with Gasteiger partial charge < -0.3 is 10.6 Å². The Morgan fingerprint density at radius 1 is 0.720 bits per heavy atom. The molecule has 0 aliphatic heterocycles. The molecule has 25 heavy (non-hydrogen) atoms. The first-order valence-corrected chi connectivity index (χ1v) is 7.83. The van der Waals surface area contributed by atoms with Crippen molar-refractivity contribution in [1.29, 1.82) is 0 Å². The Morgan fingerprint density at radius 2 is 1.36 bits per heavy atom. The van der Waals surface area contributed by atoms with Crippen LogP contribution in [0.25, 0.3) is 0 Å². The fraction of sp³-hybridized carbons (Fsp3) is 0.100. The Morgan fingerprint density at radius 3 is 2.00 bits per heavy atom. The van der Waals surface area contributed by atoms with Gasteiger partial charge in [0.25, 0.3) is 0 Å². The Kier molecular flexibility index (Phi) is 4.93. The molecule has 0 aliphatic rings. The van der Waals surface area contributed by atoms with Crippen LogP contribution < -0.4 is 10.6 Å².